The minimum Gasteiger partial charge on any atom is -0.207 e. The molecule has 0 aliphatic carbocycles. The first-order valence-corrected chi connectivity index (χ1v) is 8.02. The van der Waals surface area contributed by atoms with Gasteiger partial charge >= 0.3 is 0 Å². The van der Waals surface area contributed by atoms with Crippen molar-refractivity contribution in [2.24, 2.45) is 0 Å². The lowest BCUT2D eigenvalue weighted by Crippen LogP contribution is -2.34. The van der Waals surface area contributed by atoms with Gasteiger partial charge in [-0.3, -0.25) is 0 Å². The maximum Gasteiger partial charge on any atom is 0.123 e. The van der Waals surface area contributed by atoms with Crippen LogP contribution in [-0.4, -0.2) is 11.8 Å². The van der Waals surface area contributed by atoms with Crippen LogP contribution in [0, 0.1) is 19.7 Å². The average molecular weight is 325 g/mol. The minimum atomic E-state index is -0.382. The van der Waals surface area contributed by atoms with Crippen molar-refractivity contribution in [3.05, 3.63) is 70.5 Å². The molecule has 0 fully saturated rings. The lowest BCUT2D eigenvalue weighted by Gasteiger charge is -2.32. The van der Waals surface area contributed by atoms with Crippen molar-refractivity contribution in [2.45, 2.75) is 25.7 Å². The summed E-state index contributed by atoms with van der Waals surface area (Å²) in [6.07, 6.45) is 0.633. The molecule has 112 valence electrons. The van der Waals surface area contributed by atoms with Crippen LogP contribution in [0.25, 0.3) is 0 Å². The van der Waals surface area contributed by atoms with Gasteiger partial charge < -0.3 is 0 Å². The Morgan fingerprint density at radius 3 is 2.24 bits per heavy atom. The minimum absolute atomic E-state index is 0.224. The van der Waals surface area contributed by atoms with Crippen LogP contribution in [-0.2, 0) is 11.8 Å². The van der Waals surface area contributed by atoms with Gasteiger partial charge in [0.1, 0.15) is 5.82 Å². The van der Waals surface area contributed by atoms with Crippen LogP contribution in [0.1, 0.15) is 22.3 Å². The zero-order valence-corrected chi connectivity index (χ0v) is 13.8. The average Bonchev–Trinajstić information content (AvgIpc) is 2.49. The summed E-state index contributed by atoms with van der Waals surface area (Å²) in [6, 6.07) is 13.0. The Morgan fingerprint density at radius 2 is 1.62 bits per heavy atom. The SMILES string of the molecule is Cc1ccc(F)cc1CC(CCl)(CCl)c1ccccc1C. The van der Waals surface area contributed by atoms with Crippen molar-refractivity contribution in [3.63, 3.8) is 0 Å². The molecular formula is C18H19Cl2F. The molecule has 0 spiro atoms. The van der Waals surface area contributed by atoms with E-state index < -0.39 is 0 Å². The molecule has 0 atom stereocenters. The highest BCUT2D eigenvalue weighted by molar-refractivity contribution is 6.22. The van der Waals surface area contributed by atoms with Gasteiger partial charge in [0, 0.05) is 17.2 Å². The second kappa shape index (κ2) is 6.81. The van der Waals surface area contributed by atoms with Gasteiger partial charge in [-0.05, 0) is 54.7 Å². The molecular weight excluding hydrogens is 306 g/mol. The van der Waals surface area contributed by atoms with Crippen molar-refractivity contribution < 1.29 is 4.39 Å². The van der Waals surface area contributed by atoms with E-state index in [1.54, 1.807) is 12.1 Å². The lowest BCUT2D eigenvalue weighted by atomic mass is 9.76. The van der Waals surface area contributed by atoms with Gasteiger partial charge in [-0.1, -0.05) is 30.3 Å². The summed E-state index contributed by atoms with van der Waals surface area (Å²) >= 11 is 12.6. The van der Waals surface area contributed by atoms with E-state index in [4.69, 9.17) is 23.2 Å². The Morgan fingerprint density at radius 1 is 0.952 bits per heavy atom. The van der Waals surface area contributed by atoms with Gasteiger partial charge in [-0.2, -0.15) is 0 Å². The normalized spacial score (nSPS) is 11.7. The molecule has 0 amide bonds. The highest BCUT2D eigenvalue weighted by atomic mass is 35.5. The number of rotatable bonds is 5. The van der Waals surface area contributed by atoms with E-state index in [1.807, 2.05) is 19.1 Å². The van der Waals surface area contributed by atoms with Gasteiger partial charge in [-0.25, -0.2) is 4.39 Å². The van der Waals surface area contributed by atoms with Crippen LogP contribution >= 0.6 is 23.2 Å². The molecule has 0 aromatic heterocycles. The number of aryl methyl sites for hydroxylation is 2. The monoisotopic (exact) mass is 324 g/mol. The van der Waals surface area contributed by atoms with Crippen molar-refractivity contribution in [1.82, 2.24) is 0 Å². The van der Waals surface area contributed by atoms with Crippen LogP contribution in [0.15, 0.2) is 42.5 Å². The molecule has 0 unspecified atom stereocenters. The van der Waals surface area contributed by atoms with Gasteiger partial charge in [0.05, 0.1) is 0 Å². The number of hydrogen-bond donors (Lipinski definition) is 0. The standard InChI is InChI=1S/C18H19Cl2F/c1-13-7-8-16(21)9-15(13)10-18(11-19,12-20)17-6-4-3-5-14(17)2/h3-9H,10-12H2,1-2H3. The van der Waals surface area contributed by atoms with Gasteiger partial charge in [0.2, 0.25) is 0 Å². The second-order valence-electron chi connectivity index (χ2n) is 5.61. The number of halogens is 3. The third kappa shape index (κ3) is 3.41. The van der Waals surface area contributed by atoms with Crippen molar-refractivity contribution >= 4 is 23.2 Å². The first-order valence-electron chi connectivity index (χ1n) is 6.95. The predicted octanol–water partition coefficient (Wildman–Crippen LogP) is 5.40. The molecule has 0 bridgehead atoms. The van der Waals surface area contributed by atoms with Crippen molar-refractivity contribution in [3.8, 4) is 0 Å². The summed E-state index contributed by atoms with van der Waals surface area (Å²) in [5.74, 6) is 0.577. The van der Waals surface area contributed by atoms with E-state index in [0.29, 0.717) is 18.2 Å². The smallest absolute Gasteiger partial charge is 0.123 e. The molecule has 0 aliphatic rings. The Balaban J connectivity index is 2.48. The Bertz CT molecular complexity index is 618. The van der Waals surface area contributed by atoms with E-state index in [0.717, 1.165) is 22.3 Å². The molecule has 0 saturated carbocycles. The van der Waals surface area contributed by atoms with E-state index in [-0.39, 0.29) is 11.2 Å². The fraction of sp³-hybridized carbons (Fsp3) is 0.333. The molecule has 0 saturated heterocycles. The van der Waals surface area contributed by atoms with Gasteiger partial charge in [0.15, 0.2) is 0 Å². The fourth-order valence-electron chi connectivity index (χ4n) is 2.73. The number of hydrogen-bond acceptors (Lipinski definition) is 0. The van der Waals surface area contributed by atoms with Crippen LogP contribution in [0.3, 0.4) is 0 Å². The first-order chi connectivity index (χ1) is 10.0. The molecule has 0 N–H and O–H groups in total. The van der Waals surface area contributed by atoms with E-state index in [9.17, 15) is 4.39 Å². The molecule has 0 radical (unpaired) electrons. The number of alkyl halides is 2. The van der Waals surface area contributed by atoms with E-state index in [2.05, 4.69) is 19.1 Å². The summed E-state index contributed by atoms with van der Waals surface area (Å²) in [5, 5.41) is 0. The van der Waals surface area contributed by atoms with Crippen LogP contribution < -0.4 is 0 Å². The quantitative estimate of drug-likeness (QED) is 0.646. The summed E-state index contributed by atoms with van der Waals surface area (Å²) in [5.41, 5.74) is 3.93. The maximum absolute atomic E-state index is 13.5. The van der Waals surface area contributed by atoms with Gasteiger partial charge in [0.25, 0.3) is 0 Å². The van der Waals surface area contributed by atoms with E-state index in [1.165, 1.54) is 6.07 Å². The van der Waals surface area contributed by atoms with E-state index >= 15 is 0 Å². The largest absolute Gasteiger partial charge is 0.207 e. The molecule has 0 nitrogen and oxygen atoms in total. The van der Waals surface area contributed by atoms with Crippen molar-refractivity contribution in [1.29, 1.82) is 0 Å². The summed E-state index contributed by atoms with van der Waals surface area (Å²) in [6.45, 7) is 4.04. The highest BCUT2D eigenvalue weighted by Crippen LogP contribution is 2.34. The third-order valence-corrected chi connectivity index (χ3v) is 5.09. The molecule has 3 heteroatoms. The molecule has 2 aromatic rings. The summed E-state index contributed by atoms with van der Waals surface area (Å²) in [7, 11) is 0. The van der Waals surface area contributed by atoms with Crippen LogP contribution in [0.4, 0.5) is 4.39 Å². The third-order valence-electron chi connectivity index (χ3n) is 4.07. The molecule has 21 heavy (non-hydrogen) atoms. The second-order valence-corrected chi connectivity index (χ2v) is 6.14. The van der Waals surface area contributed by atoms with Gasteiger partial charge in [-0.15, -0.1) is 23.2 Å². The Kier molecular flexibility index (Phi) is 5.29. The van der Waals surface area contributed by atoms with Crippen LogP contribution in [0.5, 0.6) is 0 Å². The molecule has 2 aromatic carbocycles. The molecule has 0 heterocycles. The topological polar surface area (TPSA) is 0 Å². The predicted molar refractivity (Wildman–Crippen MR) is 89.1 cm³/mol. The Hall–Kier alpha value is -1.05. The lowest BCUT2D eigenvalue weighted by molar-refractivity contribution is 0.528. The first kappa shape index (κ1) is 16.3. The zero-order chi connectivity index (χ0) is 15.5. The molecule has 2 rings (SSSR count). The summed E-state index contributed by atoms with van der Waals surface area (Å²) in [4.78, 5) is 0. The summed E-state index contributed by atoms with van der Waals surface area (Å²) < 4.78 is 13.5. The maximum atomic E-state index is 13.5. The number of benzene rings is 2. The van der Waals surface area contributed by atoms with Crippen LogP contribution in [0.2, 0.25) is 0 Å². The van der Waals surface area contributed by atoms with Crippen molar-refractivity contribution in [2.75, 3.05) is 11.8 Å². The molecule has 0 aliphatic heterocycles. The fourth-order valence-corrected chi connectivity index (χ4v) is 3.50. The zero-order valence-electron chi connectivity index (χ0n) is 12.3. The highest BCUT2D eigenvalue weighted by Gasteiger charge is 2.32. The Labute approximate surface area is 135 Å².